The first-order chi connectivity index (χ1) is 8.61. The number of anilines is 3. The molecule has 1 aromatic carbocycles. The summed E-state index contributed by atoms with van der Waals surface area (Å²) in [7, 11) is 0. The summed E-state index contributed by atoms with van der Waals surface area (Å²) in [6.07, 6.45) is 0. The van der Waals surface area contributed by atoms with E-state index in [4.69, 9.17) is 5.73 Å². The van der Waals surface area contributed by atoms with Crippen LogP contribution in [0.5, 0.6) is 0 Å². The average Bonchev–Trinajstić information content (AvgIpc) is 2.37. The fraction of sp³-hybridized carbons (Fsp3) is 0.267. The number of nitrogens with zero attached hydrogens (tertiary/aromatic N) is 2. The Balaban J connectivity index is 2.38. The Morgan fingerprint density at radius 3 is 2.28 bits per heavy atom. The van der Waals surface area contributed by atoms with Crippen LogP contribution >= 0.6 is 0 Å². The molecular formula is C15H19N3. The van der Waals surface area contributed by atoms with Gasteiger partial charge in [-0.2, -0.15) is 0 Å². The molecule has 18 heavy (non-hydrogen) atoms. The van der Waals surface area contributed by atoms with Gasteiger partial charge in [0.2, 0.25) is 0 Å². The number of pyridine rings is 1. The van der Waals surface area contributed by atoms with Crippen LogP contribution in [-0.4, -0.2) is 11.5 Å². The Morgan fingerprint density at radius 2 is 1.72 bits per heavy atom. The molecule has 2 rings (SSSR count). The van der Waals surface area contributed by atoms with E-state index >= 15 is 0 Å². The van der Waals surface area contributed by atoms with Gasteiger partial charge >= 0.3 is 0 Å². The molecule has 0 saturated heterocycles. The minimum absolute atomic E-state index is 0.735. The summed E-state index contributed by atoms with van der Waals surface area (Å²) in [6, 6.07) is 12.3. The van der Waals surface area contributed by atoms with E-state index in [0.29, 0.717) is 0 Å². The largest absolute Gasteiger partial charge is 0.397 e. The summed E-state index contributed by atoms with van der Waals surface area (Å²) >= 11 is 0. The van der Waals surface area contributed by atoms with Crippen molar-refractivity contribution in [3.8, 4) is 0 Å². The van der Waals surface area contributed by atoms with Crippen molar-refractivity contribution in [3.05, 3.63) is 47.7 Å². The Hall–Kier alpha value is -2.03. The summed E-state index contributed by atoms with van der Waals surface area (Å²) in [5.74, 6) is 0.938. The van der Waals surface area contributed by atoms with Gasteiger partial charge in [0.25, 0.3) is 0 Å². The van der Waals surface area contributed by atoms with Gasteiger partial charge in [-0.25, -0.2) is 4.98 Å². The SMILES string of the molecule is CCN(c1ccc(C)cc1)c1ccc(N)c(C)n1. The van der Waals surface area contributed by atoms with E-state index in [1.54, 1.807) is 0 Å². The highest BCUT2D eigenvalue weighted by molar-refractivity contribution is 5.62. The second kappa shape index (κ2) is 5.08. The van der Waals surface area contributed by atoms with Crippen LogP contribution in [-0.2, 0) is 0 Å². The minimum Gasteiger partial charge on any atom is -0.397 e. The van der Waals surface area contributed by atoms with E-state index in [0.717, 1.165) is 29.4 Å². The van der Waals surface area contributed by atoms with E-state index in [9.17, 15) is 0 Å². The molecule has 3 nitrogen and oxygen atoms in total. The van der Waals surface area contributed by atoms with E-state index in [1.807, 2.05) is 19.1 Å². The number of hydrogen-bond donors (Lipinski definition) is 1. The molecule has 0 aliphatic rings. The van der Waals surface area contributed by atoms with Gasteiger partial charge in [-0.3, -0.25) is 0 Å². The van der Waals surface area contributed by atoms with Crippen molar-refractivity contribution in [2.45, 2.75) is 20.8 Å². The predicted octanol–water partition coefficient (Wildman–Crippen LogP) is 3.44. The van der Waals surface area contributed by atoms with Crippen LogP contribution < -0.4 is 10.6 Å². The van der Waals surface area contributed by atoms with Gasteiger partial charge in [0.05, 0.1) is 11.4 Å². The number of nitrogen functional groups attached to an aromatic ring is 1. The number of nitrogens with two attached hydrogens (primary N) is 1. The Bertz CT molecular complexity index is 532. The van der Waals surface area contributed by atoms with Crippen molar-refractivity contribution < 1.29 is 0 Å². The fourth-order valence-corrected chi connectivity index (χ4v) is 1.91. The number of aromatic nitrogens is 1. The maximum absolute atomic E-state index is 5.81. The first-order valence-corrected chi connectivity index (χ1v) is 6.19. The Labute approximate surface area is 108 Å². The highest BCUT2D eigenvalue weighted by atomic mass is 15.2. The first kappa shape index (κ1) is 12.4. The summed E-state index contributed by atoms with van der Waals surface area (Å²) in [4.78, 5) is 6.72. The van der Waals surface area contributed by atoms with Gasteiger partial charge in [0.1, 0.15) is 5.82 Å². The van der Waals surface area contributed by atoms with Crippen LogP contribution in [0.1, 0.15) is 18.2 Å². The summed E-state index contributed by atoms with van der Waals surface area (Å²) in [6.45, 7) is 7.01. The Morgan fingerprint density at radius 1 is 1.06 bits per heavy atom. The second-order valence-corrected chi connectivity index (χ2v) is 4.42. The smallest absolute Gasteiger partial charge is 0.133 e. The van der Waals surface area contributed by atoms with Crippen molar-refractivity contribution in [2.24, 2.45) is 0 Å². The molecule has 2 N–H and O–H groups in total. The molecule has 0 unspecified atom stereocenters. The third kappa shape index (κ3) is 2.45. The lowest BCUT2D eigenvalue weighted by atomic mass is 10.2. The molecule has 2 aromatic rings. The molecule has 0 radical (unpaired) electrons. The normalized spacial score (nSPS) is 10.4. The molecule has 0 aliphatic carbocycles. The third-order valence-corrected chi connectivity index (χ3v) is 3.05. The summed E-state index contributed by atoms with van der Waals surface area (Å²) in [5, 5.41) is 0. The lowest BCUT2D eigenvalue weighted by Gasteiger charge is -2.22. The predicted molar refractivity (Wildman–Crippen MR) is 77.2 cm³/mol. The minimum atomic E-state index is 0.735. The van der Waals surface area contributed by atoms with Crippen molar-refractivity contribution in [2.75, 3.05) is 17.2 Å². The van der Waals surface area contributed by atoms with Crippen LogP contribution in [0.15, 0.2) is 36.4 Å². The van der Waals surface area contributed by atoms with E-state index in [2.05, 4.69) is 48.0 Å². The van der Waals surface area contributed by atoms with Gasteiger partial charge < -0.3 is 10.6 Å². The standard InChI is InChI=1S/C15H19N3/c1-4-18(13-7-5-11(2)6-8-13)15-10-9-14(16)12(3)17-15/h5-10H,4,16H2,1-3H3. The van der Waals surface area contributed by atoms with Crippen LogP contribution in [0.2, 0.25) is 0 Å². The van der Waals surface area contributed by atoms with E-state index in [1.165, 1.54) is 5.56 Å². The zero-order chi connectivity index (χ0) is 13.1. The second-order valence-electron chi connectivity index (χ2n) is 4.42. The summed E-state index contributed by atoms with van der Waals surface area (Å²) in [5.41, 5.74) is 9.83. The topological polar surface area (TPSA) is 42.1 Å². The number of rotatable bonds is 3. The third-order valence-electron chi connectivity index (χ3n) is 3.05. The molecule has 94 valence electrons. The lowest BCUT2D eigenvalue weighted by molar-refractivity contribution is 0.980. The average molecular weight is 241 g/mol. The van der Waals surface area contributed by atoms with Gasteiger partial charge in [0.15, 0.2) is 0 Å². The van der Waals surface area contributed by atoms with Crippen LogP contribution in [0, 0.1) is 13.8 Å². The van der Waals surface area contributed by atoms with Crippen molar-refractivity contribution in [1.82, 2.24) is 4.98 Å². The molecule has 1 aromatic heterocycles. The Kier molecular flexibility index (Phi) is 3.51. The molecule has 0 bridgehead atoms. The van der Waals surface area contributed by atoms with Crippen molar-refractivity contribution in [1.29, 1.82) is 0 Å². The van der Waals surface area contributed by atoms with Gasteiger partial charge in [-0.1, -0.05) is 17.7 Å². The molecule has 3 heteroatoms. The molecule has 0 amide bonds. The highest BCUT2D eigenvalue weighted by Crippen LogP contribution is 2.25. The quantitative estimate of drug-likeness (QED) is 0.895. The van der Waals surface area contributed by atoms with Crippen molar-refractivity contribution in [3.63, 3.8) is 0 Å². The maximum atomic E-state index is 5.81. The highest BCUT2D eigenvalue weighted by Gasteiger charge is 2.09. The van der Waals surface area contributed by atoms with E-state index in [-0.39, 0.29) is 0 Å². The molecule has 0 saturated carbocycles. The molecular weight excluding hydrogens is 222 g/mol. The van der Waals surface area contributed by atoms with Crippen LogP contribution in [0.4, 0.5) is 17.2 Å². The first-order valence-electron chi connectivity index (χ1n) is 6.19. The van der Waals surface area contributed by atoms with Gasteiger partial charge in [0, 0.05) is 12.2 Å². The number of aryl methyl sites for hydroxylation is 2. The fourth-order valence-electron chi connectivity index (χ4n) is 1.91. The zero-order valence-electron chi connectivity index (χ0n) is 11.1. The number of benzene rings is 1. The molecule has 0 spiro atoms. The monoisotopic (exact) mass is 241 g/mol. The molecule has 0 atom stereocenters. The van der Waals surface area contributed by atoms with Crippen LogP contribution in [0.25, 0.3) is 0 Å². The number of hydrogen-bond acceptors (Lipinski definition) is 3. The van der Waals surface area contributed by atoms with E-state index < -0.39 is 0 Å². The molecule has 1 heterocycles. The van der Waals surface area contributed by atoms with Crippen LogP contribution in [0.3, 0.4) is 0 Å². The lowest BCUT2D eigenvalue weighted by Crippen LogP contribution is -2.17. The molecule has 0 fully saturated rings. The summed E-state index contributed by atoms with van der Waals surface area (Å²) < 4.78 is 0. The van der Waals surface area contributed by atoms with Gasteiger partial charge in [-0.05, 0) is 45.0 Å². The zero-order valence-corrected chi connectivity index (χ0v) is 11.1. The van der Waals surface area contributed by atoms with Gasteiger partial charge in [-0.15, -0.1) is 0 Å². The maximum Gasteiger partial charge on any atom is 0.133 e. The molecule has 0 aliphatic heterocycles. The van der Waals surface area contributed by atoms with Crippen molar-refractivity contribution >= 4 is 17.2 Å².